The van der Waals surface area contributed by atoms with Gasteiger partial charge in [-0.25, -0.2) is 0 Å². The summed E-state index contributed by atoms with van der Waals surface area (Å²) in [6, 6.07) is 4.09. The number of hydrogen-bond donors (Lipinski definition) is 0. The average Bonchev–Trinajstić information content (AvgIpc) is 2.88. The van der Waals surface area contributed by atoms with Crippen molar-refractivity contribution in [1.82, 2.24) is 0 Å². The maximum Gasteiger partial charge on any atom is 0.163 e. The van der Waals surface area contributed by atoms with Gasteiger partial charge in [-0.3, -0.25) is 4.79 Å². The fourth-order valence-electron chi connectivity index (χ4n) is 2.12. The highest BCUT2D eigenvalue weighted by atomic mass is 32.1. The van der Waals surface area contributed by atoms with Gasteiger partial charge in [0.15, 0.2) is 5.78 Å². The molecule has 2 aliphatic rings. The van der Waals surface area contributed by atoms with Crippen LogP contribution < -0.4 is 0 Å². The second kappa shape index (κ2) is 3.35. The first-order chi connectivity index (χ1) is 7.36. The number of ether oxygens (including phenoxy) is 1. The molecule has 0 unspecified atom stereocenters. The van der Waals surface area contributed by atoms with Crippen LogP contribution >= 0.6 is 11.3 Å². The Labute approximate surface area is 91.9 Å². The van der Waals surface area contributed by atoms with Gasteiger partial charge in [0.05, 0.1) is 6.26 Å². The molecule has 1 aromatic rings. The average molecular weight is 218 g/mol. The second-order valence-electron chi connectivity index (χ2n) is 3.70. The predicted molar refractivity (Wildman–Crippen MR) is 58.6 cm³/mol. The van der Waals surface area contributed by atoms with Gasteiger partial charge in [-0.1, -0.05) is 6.07 Å². The van der Waals surface area contributed by atoms with E-state index < -0.39 is 0 Å². The number of allylic oxidation sites excluding steroid dienone is 3. The van der Waals surface area contributed by atoms with E-state index in [2.05, 4.69) is 6.07 Å². The first-order valence-corrected chi connectivity index (χ1v) is 5.87. The van der Waals surface area contributed by atoms with Crippen molar-refractivity contribution in [2.75, 3.05) is 0 Å². The Hall–Kier alpha value is -1.35. The van der Waals surface area contributed by atoms with Crippen LogP contribution in [0.3, 0.4) is 0 Å². The topological polar surface area (TPSA) is 26.3 Å². The number of thiophene rings is 1. The number of rotatable bonds is 1. The zero-order valence-corrected chi connectivity index (χ0v) is 8.92. The van der Waals surface area contributed by atoms with Crippen molar-refractivity contribution in [2.45, 2.75) is 18.8 Å². The molecule has 0 fully saturated rings. The Morgan fingerprint density at radius 1 is 1.40 bits per heavy atom. The van der Waals surface area contributed by atoms with E-state index in [0.29, 0.717) is 6.42 Å². The minimum absolute atomic E-state index is 0.128. The Balaban J connectivity index is 2.05. The first kappa shape index (κ1) is 8.92. The Bertz CT molecular complexity index is 454. The Morgan fingerprint density at radius 3 is 3.13 bits per heavy atom. The molecule has 1 aliphatic carbocycles. The molecule has 0 saturated carbocycles. The van der Waals surface area contributed by atoms with E-state index in [1.807, 2.05) is 17.5 Å². The van der Waals surface area contributed by atoms with Gasteiger partial charge in [-0.2, -0.15) is 0 Å². The lowest BCUT2D eigenvalue weighted by Crippen LogP contribution is -2.09. The molecule has 0 amide bonds. The molecular weight excluding hydrogens is 208 g/mol. The molecule has 0 N–H and O–H groups in total. The van der Waals surface area contributed by atoms with Crippen LogP contribution in [0, 0.1) is 0 Å². The zero-order chi connectivity index (χ0) is 10.3. The summed E-state index contributed by atoms with van der Waals surface area (Å²) in [5.41, 5.74) is 0.875. The second-order valence-corrected chi connectivity index (χ2v) is 4.68. The predicted octanol–water partition coefficient (Wildman–Crippen LogP) is 2.99. The summed E-state index contributed by atoms with van der Waals surface area (Å²) in [5.74, 6) is 1.25. The Morgan fingerprint density at radius 2 is 2.33 bits per heavy atom. The molecule has 1 aromatic heterocycles. The van der Waals surface area contributed by atoms with E-state index in [1.54, 1.807) is 17.6 Å². The molecule has 2 heterocycles. The third kappa shape index (κ3) is 1.35. The lowest BCUT2D eigenvalue weighted by molar-refractivity contribution is -0.115. The van der Waals surface area contributed by atoms with Crippen LogP contribution in [0.15, 0.2) is 41.2 Å². The molecule has 1 aliphatic heterocycles. The molecule has 1 atom stereocenters. The summed E-state index contributed by atoms with van der Waals surface area (Å²) < 4.78 is 5.38. The summed E-state index contributed by atoms with van der Waals surface area (Å²) >= 11 is 1.69. The molecule has 2 nitrogen and oxygen atoms in total. The number of Topliss-reactive ketones (excluding diaryl/α,β-unsaturated/α-hetero) is 1. The molecule has 0 radical (unpaired) electrons. The summed E-state index contributed by atoms with van der Waals surface area (Å²) in [6.07, 6.45) is 5.05. The zero-order valence-electron chi connectivity index (χ0n) is 8.10. The highest BCUT2D eigenvalue weighted by Gasteiger charge is 2.32. The van der Waals surface area contributed by atoms with E-state index in [-0.39, 0.29) is 11.7 Å². The van der Waals surface area contributed by atoms with Crippen LogP contribution in [0.25, 0.3) is 0 Å². The van der Waals surface area contributed by atoms with E-state index in [9.17, 15) is 4.79 Å². The molecule has 3 rings (SSSR count). The van der Waals surface area contributed by atoms with Gasteiger partial charge in [0.25, 0.3) is 0 Å². The number of ketones is 1. The maximum atomic E-state index is 11.7. The smallest absolute Gasteiger partial charge is 0.163 e. The summed E-state index contributed by atoms with van der Waals surface area (Å²) in [7, 11) is 0. The van der Waals surface area contributed by atoms with E-state index in [0.717, 1.165) is 17.8 Å². The molecule has 3 heteroatoms. The fourth-order valence-corrected chi connectivity index (χ4v) is 2.94. The molecule has 0 spiro atoms. The van der Waals surface area contributed by atoms with Crippen LogP contribution in [0.4, 0.5) is 0 Å². The lowest BCUT2D eigenvalue weighted by Gasteiger charge is -2.17. The summed E-state index contributed by atoms with van der Waals surface area (Å²) in [6.45, 7) is 0. The normalized spacial score (nSPS) is 24.3. The summed E-state index contributed by atoms with van der Waals surface area (Å²) in [4.78, 5) is 13.0. The van der Waals surface area contributed by atoms with Crippen LogP contribution in [0.1, 0.15) is 23.6 Å². The van der Waals surface area contributed by atoms with E-state index in [4.69, 9.17) is 4.74 Å². The number of carbonyl (C=O) groups is 1. The van der Waals surface area contributed by atoms with Crippen molar-refractivity contribution in [1.29, 1.82) is 0 Å². The minimum atomic E-state index is 0.128. The van der Waals surface area contributed by atoms with E-state index >= 15 is 0 Å². The summed E-state index contributed by atoms with van der Waals surface area (Å²) in [5, 5.41) is 2.04. The lowest BCUT2D eigenvalue weighted by atomic mass is 9.94. The van der Waals surface area contributed by atoms with E-state index in [1.165, 1.54) is 4.88 Å². The molecule has 0 saturated heterocycles. The number of hydrogen-bond acceptors (Lipinski definition) is 3. The fraction of sp³-hybridized carbons (Fsp3) is 0.250. The van der Waals surface area contributed by atoms with Gasteiger partial charge in [0, 0.05) is 29.2 Å². The van der Waals surface area contributed by atoms with Crippen molar-refractivity contribution >= 4 is 17.1 Å². The monoisotopic (exact) mass is 218 g/mol. The third-order valence-electron chi connectivity index (χ3n) is 2.82. The first-order valence-electron chi connectivity index (χ1n) is 4.99. The van der Waals surface area contributed by atoms with Crippen molar-refractivity contribution in [3.05, 3.63) is 46.1 Å². The van der Waals surface area contributed by atoms with Gasteiger partial charge in [-0.15, -0.1) is 11.3 Å². The highest BCUT2D eigenvalue weighted by Crippen LogP contribution is 2.40. The van der Waals surface area contributed by atoms with Gasteiger partial charge in [0.2, 0.25) is 0 Å². The standard InChI is InChI=1S/C12H10O2S/c13-9-3-4-10-12(9)8(5-6-14-10)11-2-1-7-15-11/h1-2,5-8H,3-4H2/t8-/m1/s1. The van der Waals surface area contributed by atoms with Crippen molar-refractivity contribution in [2.24, 2.45) is 0 Å². The molecule has 76 valence electrons. The van der Waals surface area contributed by atoms with Crippen molar-refractivity contribution < 1.29 is 9.53 Å². The van der Waals surface area contributed by atoms with Gasteiger partial charge in [0.1, 0.15) is 5.76 Å². The van der Waals surface area contributed by atoms with Gasteiger partial charge < -0.3 is 4.74 Å². The van der Waals surface area contributed by atoms with Crippen LogP contribution in [0.5, 0.6) is 0 Å². The number of carbonyl (C=O) groups excluding carboxylic acids is 1. The van der Waals surface area contributed by atoms with Gasteiger partial charge in [-0.05, 0) is 17.5 Å². The van der Waals surface area contributed by atoms with Crippen LogP contribution in [0.2, 0.25) is 0 Å². The van der Waals surface area contributed by atoms with Crippen molar-refractivity contribution in [3.63, 3.8) is 0 Å². The highest BCUT2D eigenvalue weighted by molar-refractivity contribution is 7.10. The molecule has 0 bridgehead atoms. The molecule has 15 heavy (non-hydrogen) atoms. The van der Waals surface area contributed by atoms with Crippen LogP contribution in [-0.2, 0) is 9.53 Å². The SMILES string of the molecule is O=C1CCC2=C1[C@@H](c1cccs1)C=CO2. The maximum absolute atomic E-state index is 11.7. The molecular formula is C12H10O2S. The minimum Gasteiger partial charge on any atom is -0.469 e. The van der Waals surface area contributed by atoms with Crippen LogP contribution in [-0.4, -0.2) is 5.78 Å². The quantitative estimate of drug-likeness (QED) is 0.724. The Kier molecular flexibility index (Phi) is 1.99. The third-order valence-corrected chi connectivity index (χ3v) is 3.78. The largest absolute Gasteiger partial charge is 0.469 e. The van der Waals surface area contributed by atoms with Crippen molar-refractivity contribution in [3.8, 4) is 0 Å². The van der Waals surface area contributed by atoms with Gasteiger partial charge >= 0.3 is 0 Å². The molecule has 0 aromatic carbocycles.